The lowest BCUT2D eigenvalue weighted by Gasteiger charge is -2.22. The van der Waals surface area contributed by atoms with Crippen LogP contribution in [0.2, 0.25) is 0 Å². The number of benzene rings is 1. The number of fused-ring (bicyclic) bond motifs is 1. The average Bonchev–Trinajstić information content (AvgIpc) is 2.79. The van der Waals surface area contributed by atoms with Crippen LogP contribution in [-0.4, -0.2) is 19.1 Å². The fourth-order valence-corrected chi connectivity index (χ4v) is 2.66. The highest BCUT2D eigenvalue weighted by Crippen LogP contribution is 2.35. The average molecular weight is 275 g/mol. The Labute approximate surface area is 118 Å². The summed E-state index contributed by atoms with van der Waals surface area (Å²) in [5.41, 5.74) is 8.08. The summed E-state index contributed by atoms with van der Waals surface area (Å²) in [4.78, 5) is 11.7. The molecule has 0 saturated carbocycles. The Morgan fingerprint density at radius 1 is 1.40 bits per heavy atom. The molecule has 2 unspecified atom stereocenters. The second kappa shape index (κ2) is 6.09. The molecule has 4 heteroatoms. The van der Waals surface area contributed by atoms with Crippen molar-refractivity contribution < 1.29 is 13.9 Å². The minimum Gasteiger partial charge on any atom is -0.469 e. The molecule has 2 aromatic rings. The van der Waals surface area contributed by atoms with Gasteiger partial charge in [0.15, 0.2) is 0 Å². The minimum atomic E-state index is -0.247. The molecule has 0 aliphatic heterocycles. The number of carbonyl (C=O) groups is 1. The summed E-state index contributed by atoms with van der Waals surface area (Å²) in [5.74, 6) is 0.490. The van der Waals surface area contributed by atoms with Crippen LogP contribution in [0.3, 0.4) is 0 Å². The van der Waals surface area contributed by atoms with Gasteiger partial charge in [-0.2, -0.15) is 0 Å². The van der Waals surface area contributed by atoms with E-state index >= 15 is 0 Å². The number of ether oxygens (including phenoxy) is 1. The van der Waals surface area contributed by atoms with Gasteiger partial charge in [-0.25, -0.2) is 0 Å². The SMILES string of the molecule is CCC(N)C(CC(=O)OC)c1c(C)oc2ccccc12. The van der Waals surface area contributed by atoms with E-state index in [0.29, 0.717) is 0 Å². The maximum Gasteiger partial charge on any atom is 0.306 e. The lowest BCUT2D eigenvalue weighted by Crippen LogP contribution is -2.30. The molecular weight excluding hydrogens is 254 g/mol. The molecule has 1 aromatic heterocycles. The van der Waals surface area contributed by atoms with Crippen LogP contribution in [0.25, 0.3) is 11.0 Å². The second-order valence-corrected chi connectivity index (χ2v) is 5.03. The first kappa shape index (κ1) is 14.6. The molecule has 0 aliphatic rings. The van der Waals surface area contributed by atoms with E-state index in [1.165, 1.54) is 7.11 Å². The molecule has 1 aromatic carbocycles. The molecule has 0 radical (unpaired) electrons. The number of aryl methyl sites for hydroxylation is 1. The predicted octanol–water partition coefficient (Wildman–Crippen LogP) is 3.13. The predicted molar refractivity (Wildman–Crippen MR) is 78.6 cm³/mol. The van der Waals surface area contributed by atoms with Gasteiger partial charge in [0.1, 0.15) is 11.3 Å². The zero-order valence-corrected chi connectivity index (χ0v) is 12.2. The summed E-state index contributed by atoms with van der Waals surface area (Å²) in [6.45, 7) is 3.94. The van der Waals surface area contributed by atoms with Crippen molar-refractivity contribution in [1.29, 1.82) is 0 Å². The van der Waals surface area contributed by atoms with Gasteiger partial charge in [-0.15, -0.1) is 0 Å². The maximum absolute atomic E-state index is 11.7. The Balaban J connectivity index is 2.50. The molecule has 2 N–H and O–H groups in total. The highest BCUT2D eigenvalue weighted by atomic mass is 16.5. The van der Waals surface area contributed by atoms with Crippen molar-refractivity contribution >= 4 is 16.9 Å². The van der Waals surface area contributed by atoms with E-state index < -0.39 is 0 Å². The standard InChI is InChI=1S/C16H21NO3/c1-4-13(17)12(9-15(18)19-3)16-10(2)20-14-8-6-5-7-11(14)16/h5-8,12-13H,4,9,17H2,1-3H3. The van der Waals surface area contributed by atoms with Gasteiger partial charge in [-0.3, -0.25) is 4.79 Å². The molecule has 0 aliphatic carbocycles. The number of esters is 1. The first-order valence-electron chi connectivity index (χ1n) is 6.88. The number of rotatable bonds is 5. The third-order valence-electron chi connectivity index (χ3n) is 3.79. The Hall–Kier alpha value is -1.81. The van der Waals surface area contributed by atoms with Gasteiger partial charge in [0.25, 0.3) is 0 Å². The van der Waals surface area contributed by atoms with Crippen molar-refractivity contribution in [2.24, 2.45) is 5.73 Å². The molecule has 0 amide bonds. The van der Waals surface area contributed by atoms with Crippen molar-refractivity contribution in [1.82, 2.24) is 0 Å². The third kappa shape index (κ3) is 2.70. The molecule has 4 nitrogen and oxygen atoms in total. The lowest BCUT2D eigenvalue weighted by molar-refractivity contribution is -0.141. The van der Waals surface area contributed by atoms with Crippen LogP contribution < -0.4 is 5.73 Å². The Morgan fingerprint density at radius 2 is 2.10 bits per heavy atom. The molecule has 2 rings (SSSR count). The fraction of sp³-hybridized carbons (Fsp3) is 0.438. The highest BCUT2D eigenvalue weighted by molar-refractivity contribution is 5.84. The van der Waals surface area contributed by atoms with Crippen LogP contribution in [0.15, 0.2) is 28.7 Å². The van der Waals surface area contributed by atoms with E-state index in [0.717, 1.165) is 28.7 Å². The van der Waals surface area contributed by atoms with Gasteiger partial charge in [0.05, 0.1) is 13.5 Å². The summed E-state index contributed by atoms with van der Waals surface area (Å²) in [6.07, 6.45) is 1.07. The normalized spacial score (nSPS) is 14.2. The van der Waals surface area contributed by atoms with Gasteiger partial charge < -0.3 is 14.9 Å². The van der Waals surface area contributed by atoms with E-state index in [1.54, 1.807) is 0 Å². The van der Waals surface area contributed by atoms with Crippen molar-refractivity contribution in [2.75, 3.05) is 7.11 Å². The quantitative estimate of drug-likeness (QED) is 0.851. The van der Waals surface area contributed by atoms with E-state index in [4.69, 9.17) is 14.9 Å². The van der Waals surface area contributed by atoms with E-state index in [1.807, 2.05) is 38.1 Å². The Bertz CT molecular complexity index is 603. The number of nitrogens with two attached hydrogens (primary N) is 1. The zero-order chi connectivity index (χ0) is 14.7. The van der Waals surface area contributed by atoms with Gasteiger partial charge in [-0.1, -0.05) is 25.1 Å². The first-order chi connectivity index (χ1) is 9.58. The molecule has 0 fully saturated rings. The second-order valence-electron chi connectivity index (χ2n) is 5.03. The number of para-hydroxylation sites is 1. The molecule has 0 spiro atoms. The maximum atomic E-state index is 11.7. The van der Waals surface area contributed by atoms with Crippen LogP contribution >= 0.6 is 0 Å². The molecule has 20 heavy (non-hydrogen) atoms. The van der Waals surface area contributed by atoms with Gasteiger partial charge in [-0.05, 0) is 19.4 Å². The van der Waals surface area contributed by atoms with Gasteiger partial charge >= 0.3 is 5.97 Å². The fourth-order valence-electron chi connectivity index (χ4n) is 2.66. The number of hydrogen-bond donors (Lipinski definition) is 1. The van der Waals surface area contributed by atoms with Gasteiger partial charge in [0, 0.05) is 22.9 Å². The zero-order valence-electron chi connectivity index (χ0n) is 12.2. The molecular formula is C16H21NO3. The smallest absolute Gasteiger partial charge is 0.306 e. The summed E-state index contributed by atoms with van der Waals surface area (Å²) in [5, 5.41) is 1.03. The highest BCUT2D eigenvalue weighted by Gasteiger charge is 2.27. The van der Waals surface area contributed by atoms with E-state index in [9.17, 15) is 4.79 Å². The third-order valence-corrected chi connectivity index (χ3v) is 3.79. The Morgan fingerprint density at radius 3 is 2.75 bits per heavy atom. The van der Waals surface area contributed by atoms with Crippen LogP contribution in [-0.2, 0) is 9.53 Å². The van der Waals surface area contributed by atoms with Crippen molar-refractivity contribution in [3.63, 3.8) is 0 Å². The van der Waals surface area contributed by atoms with Crippen molar-refractivity contribution in [2.45, 2.75) is 38.6 Å². The van der Waals surface area contributed by atoms with Crippen molar-refractivity contribution in [3.05, 3.63) is 35.6 Å². The molecule has 1 heterocycles. The van der Waals surface area contributed by atoms with E-state index in [2.05, 4.69) is 0 Å². The van der Waals surface area contributed by atoms with Crippen LogP contribution in [0, 0.1) is 6.92 Å². The summed E-state index contributed by atoms with van der Waals surface area (Å²) < 4.78 is 10.6. The topological polar surface area (TPSA) is 65.5 Å². The number of furan rings is 1. The lowest BCUT2D eigenvalue weighted by atomic mass is 9.86. The van der Waals surface area contributed by atoms with Gasteiger partial charge in [0.2, 0.25) is 0 Å². The number of methoxy groups -OCH3 is 1. The van der Waals surface area contributed by atoms with E-state index in [-0.39, 0.29) is 24.3 Å². The molecule has 2 atom stereocenters. The summed E-state index contributed by atoms with van der Waals surface area (Å²) >= 11 is 0. The minimum absolute atomic E-state index is 0.0869. The van der Waals surface area contributed by atoms with Crippen molar-refractivity contribution in [3.8, 4) is 0 Å². The Kier molecular flexibility index (Phi) is 4.45. The summed E-state index contributed by atoms with van der Waals surface area (Å²) in [7, 11) is 1.40. The van der Waals surface area contributed by atoms with Crippen LogP contribution in [0.1, 0.15) is 37.0 Å². The molecule has 0 saturated heterocycles. The van der Waals surface area contributed by atoms with Crippen LogP contribution in [0.4, 0.5) is 0 Å². The largest absolute Gasteiger partial charge is 0.469 e. The monoisotopic (exact) mass is 275 g/mol. The number of carbonyl (C=O) groups excluding carboxylic acids is 1. The number of hydrogen-bond acceptors (Lipinski definition) is 4. The van der Waals surface area contributed by atoms with Crippen LogP contribution in [0.5, 0.6) is 0 Å². The molecule has 108 valence electrons. The summed E-state index contributed by atoms with van der Waals surface area (Å²) in [6, 6.07) is 7.73. The molecule has 0 bridgehead atoms. The first-order valence-corrected chi connectivity index (χ1v) is 6.88.